The number of carbonyl (C=O) groups excluding carboxylic acids is 1. The molecule has 0 aromatic heterocycles. The minimum atomic E-state index is -3.20. The third kappa shape index (κ3) is 4.23. The van der Waals surface area contributed by atoms with Crippen molar-refractivity contribution in [3.8, 4) is 0 Å². The first-order valence-corrected chi connectivity index (χ1v) is 6.21. The van der Waals surface area contributed by atoms with Gasteiger partial charge in [-0.15, -0.1) is 0 Å². The normalized spacial score (nSPS) is 23.0. The van der Waals surface area contributed by atoms with Gasteiger partial charge >= 0.3 is 0 Å². The highest BCUT2D eigenvalue weighted by Gasteiger charge is 2.18. The van der Waals surface area contributed by atoms with Crippen LogP contribution in [-0.2, 0) is 14.6 Å². The zero-order valence-electron chi connectivity index (χ0n) is 7.54. The van der Waals surface area contributed by atoms with E-state index in [1.165, 1.54) is 0 Å². The second kappa shape index (κ2) is 4.06. The number of amides is 1. The van der Waals surface area contributed by atoms with E-state index in [0.717, 1.165) is 25.8 Å². The van der Waals surface area contributed by atoms with Gasteiger partial charge in [-0.2, -0.15) is 0 Å². The third-order valence-electron chi connectivity index (χ3n) is 1.82. The molecule has 5 nitrogen and oxygen atoms in total. The summed E-state index contributed by atoms with van der Waals surface area (Å²) < 4.78 is 21.5. The van der Waals surface area contributed by atoms with Gasteiger partial charge in [-0.1, -0.05) is 0 Å². The Labute approximate surface area is 77.8 Å². The van der Waals surface area contributed by atoms with Crippen LogP contribution in [0.25, 0.3) is 0 Å². The SMILES string of the molecule is CS(=O)(=O)CC(=O)NC1CCNC1. The molecule has 1 saturated heterocycles. The van der Waals surface area contributed by atoms with Crippen LogP contribution < -0.4 is 10.6 Å². The maximum absolute atomic E-state index is 11.1. The van der Waals surface area contributed by atoms with Crippen LogP contribution in [-0.4, -0.2) is 45.5 Å². The highest BCUT2D eigenvalue weighted by atomic mass is 32.2. The summed E-state index contributed by atoms with van der Waals surface area (Å²) in [4.78, 5) is 11.1. The van der Waals surface area contributed by atoms with Crippen molar-refractivity contribution in [1.82, 2.24) is 10.6 Å². The molecule has 0 spiro atoms. The van der Waals surface area contributed by atoms with E-state index in [0.29, 0.717) is 0 Å². The van der Waals surface area contributed by atoms with Gasteiger partial charge in [0.2, 0.25) is 5.91 Å². The first-order chi connectivity index (χ1) is 5.97. The van der Waals surface area contributed by atoms with Gasteiger partial charge < -0.3 is 10.6 Å². The van der Waals surface area contributed by atoms with Crippen molar-refractivity contribution in [2.75, 3.05) is 25.1 Å². The quantitative estimate of drug-likeness (QED) is 0.590. The Morgan fingerprint density at radius 3 is 2.77 bits per heavy atom. The van der Waals surface area contributed by atoms with Crippen molar-refractivity contribution in [1.29, 1.82) is 0 Å². The zero-order chi connectivity index (χ0) is 9.90. The molecule has 0 aliphatic carbocycles. The molecule has 1 amide bonds. The lowest BCUT2D eigenvalue weighted by Crippen LogP contribution is -2.39. The van der Waals surface area contributed by atoms with Crippen molar-refractivity contribution < 1.29 is 13.2 Å². The topological polar surface area (TPSA) is 75.3 Å². The molecule has 0 aromatic carbocycles. The average Bonchev–Trinajstić information content (AvgIpc) is 2.34. The molecule has 0 aromatic rings. The van der Waals surface area contributed by atoms with E-state index in [1.807, 2.05) is 0 Å². The molecule has 2 N–H and O–H groups in total. The minimum absolute atomic E-state index is 0.0919. The highest BCUT2D eigenvalue weighted by Crippen LogP contribution is 1.96. The van der Waals surface area contributed by atoms with Crippen molar-refractivity contribution >= 4 is 15.7 Å². The number of sulfone groups is 1. The first-order valence-electron chi connectivity index (χ1n) is 4.15. The van der Waals surface area contributed by atoms with Crippen molar-refractivity contribution in [2.24, 2.45) is 0 Å². The van der Waals surface area contributed by atoms with Crippen molar-refractivity contribution in [3.05, 3.63) is 0 Å². The molecular formula is C7H14N2O3S. The summed E-state index contributed by atoms with van der Waals surface area (Å²) in [6.45, 7) is 1.61. The van der Waals surface area contributed by atoms with Crippen LogP contribution in [0, 0.1) is 0 Å². The zero-order valence-corrected chi connectivity index (χ0v) is 8.36. The summed E-state index contributed by atoms with van der Waals surface area (Å²) in [6.07, 6.45) is 1.93. The molecule has 1 atom stereocenters. The van der Waals surface area contributed by atoms with E-state index in [1.54, 1.807) is 0 Å². The smallest absolute Gasteiger partial charge is 0.235 e. The monoisotopic (exact) mass is 206 g/mol. The van der Waals surface area contributed by atoms with Crippen molar-refractivity contribution in [2.45, 2.75) is 12.5 Å². The van der Waals surface area contributed by atoms with Crippen LogP contribution in [0.1, 0.15) is 6.42 Å². The largest absolute Gasteiger partial charge is 0.351 e. The Morgan fingerprint density at radius 1 is 1.62 bits per heavy atom. The average molecular weight is 206 g/mol. The van der Waals surface area contributed by atoms with Crippen LogP contribution >= 0.6 is 0 Å². The maximum atomic E-state index is 11.1. The van der Waals surface area contributed by atoms with Crippen LogP contribution in [0.5, 0.6) is 0 Å². The predicted octanol–water partition coefficient (Wildman–Crippen LogP) is -1.49. The number of hydrogen-bond donors (Lipinski definition) is 2. The Bertz CT molecular complexity index is 280. The molecular weight excluding hydrogens is 192 g/mol. The first kappa shape index (κ1) is 10.5. The standard InChI is InChI=1S/C7H14N2O3S/c1-13(11,12)5-7(10)9-6-2-3-8-4-6/h6,8H,2-5H2,1H3,(H,9,10). The van der Waals surface area contributed by atoms with E-state index in [9.17, 15) is 13.2 Å². The molecule has 1 unspecified atom stereocenters. The predicted molar refractivity (Wildman–Crippen MR) is 49.1 cm³/mol. The molecule has 0 radical (unpaired) electrons. The minimum Gasteiger partial charge on any atom is -0.351 e. The summed E-state index contributed by atoms with van der Waals surface area (Å²) in [5.74, 6) is -0.819. The van der Waals surface area contributed by atoms with Gasteiger partial charge in [0.25, 0.3) is 0 Å². The lowest BCUT2D eigenvalue weighted by atomic mass is 10.3. The summed E-state index contributed by atoms with van der Waals surface area (Å²) in [5, 5.41) is 5.73. The fraction of sp³-hybridized carbons (Fsp3) is 0.857. The number of carbonyl (C=O) groups is 1. The molecule has 0 bridgehead atoms. The van der Waals surface area contributed by atoms with Crippen molar-refractivity contribution in [3.63, 3.8) is 0 Å². The lowest BCUT2D eigenvalue weighted by molar-refractivity contribution is -0.119. The second-order valence-corrected chi connectivity index (χ2v) is 5.47. The van der Waals surface area contributed by atoms with E-state index < -0.39 is 21.5 Å². The summed E-state index contributed by atoms with van der Waals surface area (Å²) in [7, 11) is -3.20. The van der Waals surface area contributed by atoms with Crippen LogP contribution in [0.4, 0.5) is 0 Å². The van der Waals surface area contributed by atoms with Gasteiger partial charge in [0, 0.05) is 18.8 Å². The summed E-state index contributed by atoms with van der Waals surface area (Å²) in [5.41, 5.74) is 0. The Kier molecular flexibility index (Phi) is 3.27. The molecule has 6 heteroatoms. The van der Waals surface area contributed by atoms with Crippen LogP contribution in [0.15, 0.2) is 0 Å². The van der Waals surface area contributed by atoms with Crippen LogP contribution in [0.2, 0.25) is 0 Å². The fourth-order valence-electron chi connectivity index (χ4n) is 1.29. The van der Waals surface area contributed by atoms with E-state index in [2.05, 4.69) is 10.6 Å². The molecule has 1 fully saturated rings. The number of hydrogen-bond acceptors (Lipinski definition) is 4. The van der Waals surface area contributed by atoms with Crippen LogP contribution in [0.3, 0.4) is 0 Å². The van der Waals surface area contributed by atoms with Gasteiger partial charge in [-0.05, 0) is 13.0 Å². The van der Waals surface area contributed by atoms with Gasteiger partial charge in [0.15, 0.2) is 9.84 Å². The molecule has 1 aliphatic heterocycles. The summed E-state index contributed by atoms with van der Waals surface area (Å²) >= 11 is 0. The molecule has 0 saturated carbocycles. The number of nitrogens with one attached hydrogen (secondary N) is 2. The van der Waals surface area contributed by atoms with Gasteiger partial charge in [0.05, 0.1) is 0 Å². The highest BCUT2D eigenvalue weighted by molar-refractivity contribution is 7.91. The van der Waals surface area contributed by atoms with Gasteiger partial charge in [0.1, 0.15) is 5.75 Å². The fourth-order valence-corrected chi connectivity index (χ4v) is 1.84. The Morgan fingerprint density at radius 2 is 2.31 bits per heavy atom. The van der Waals surface area contributed by atoms with E-state index in [-0.39, 0.29) is 6.04 Å². The van der Waals surface area contributed by atoms with Gasteiger partial charge in [-0.25, -0.2) is 8.42 Å². The maximum Gasteiger partial charge on any atom is 0.235 e. The third-order valence-corrected chi connectivity index (χ3v) is 2.61. The molecule has 13 heavy (non-hydrogen) atoms. The van der Waals surface area contributed by atoms with E-state index in [4.69, 9.17) is 0 Å². The molecule has 76 valence electrons. The molecule has 1 rings (SSSR count). The second-order valence-electron chi connectivity index (χ2n) is 3.33. The molecule has 1 heterocycles. The molecule has 1 aliphatic rings. The van der Waals surface area contributed by atoms with E-state index >= 15 is 0 Å². The van der Waals surface area contributed by atoms with Gasteiger partial charge in [-0.3, -0.25) is 4.79 Å². The Balaban J connectivity index is 2.33. The summed E-state index contributed by atoms with van der Waals surface area (Å²) in [6, 6.07) is 0.0919. The Hall–Kier alpha value is -0.620. The number of rotatable bonds is 3. The lowest BCUT2D eigenvalue weighted by Gasteiger charge is -2.09.